The highest BCUT2D eigenvalue weighted by Crippen LogP contribution is 2.29. The summed E-state index contributed by atoms with van der Waals surface area (Å²) in [6, 6.07) is 0. The second kappa shape index (κ2) is 4.70. The first-order valence-corrected chi connectivity index (χ1v) is 6.07. The molecule has 0 saturated carbocycles. The molecule has 0 aromatic heterocycles. The Hall–Kier alpha value is -0.690. The molecule has 0 spiro atoms. The third-order valence-electron chi connectivity index (χ3n) is 2.50. The number of nitriles is 1. The number of likely N-dealkylation sites (tertiary alicyclic amines) is 1. The van der Waals surface area contributed by atoms with E-state index in [1.807, 2.05) is 12.4 Å². The van der Waals surface area contributed by atoms with E-state index in [0.29, 0.717) is 5.41 Å². The summed E-state index contributed by atoms with van der Waals surface area (Å²) >= 11 is 1.56. The molecular weight excluding hydrogens is 194 g/mol. The Morgan fingerprint density at radius 2 is 2.29 bits per heavy atom. The van der Waals surface area contributed by atoms with E-state index in [1.165, 1.54) is 12.8 Å². The molecular formula is C10H17N3S. The molecule has 3 nitrogen and oxygen atoms in total. The standard InChI is InChI=1S/C10H17N3S/c1-10(2)5-4-6-13(7-10)9(14-3)12-8-11/h4-7H2,1-3H3. The molecule has 0 amide bonds. The van der Waals surface area contributed by atoms with Crippen LogP contribution in [0.1, 0.15) is 26.7 Å². The van der Waals surface area contributed by atoms with E-state index in [4.69, 9.17) is 5.26 Å². The van der Waals surface area contributed by atoms with Crippen molar-refractivity contribution in [2.75, 3.05) is 19.3 Å². The van der Waals surface area contributed by atoms with Crippen LogP contribution in [0, 0.1) is 16.9 Å². The molecule has 0 radical (unpaired) electrons. The lowest BCUT2D eigenvalue weighted by atomic mass is 9.84. The monoisotopic (exact) mass is 211 g/mol. The molecule has 1 heterocycles. The maximum Gasteiger partial charge on any atom is 0.208 e. The molecule has 0 bridgehead atoms. The van der Waals surface area contributed by atoms with Crippen LogP contribution < -0.4 is 0 Å². The third kappa shape index (κ3) is 2.91. The molecule has 1 fully saturated rings. The quantitative estimate of drug-likeness (QED) is 0.351. The van der Waals surface area contributed by atoms with Gasteiger partial charge in [0, 0.05) is 13.1 Å². The molecule has 0 atom stereocenters. The van der Waals surface area contributed by atoms with Gasteiger partial charge in [0.1, 0.15) is 0 Å². The molecule has 0 N–H and O–H groups in total. The minimum absolute atomic E-state index is 0.351. The summed E-state index contributed by atoms with van der Waals surface area (Å²) in [6.45, 7) is 6.58. The van der Waals surface area contributed by atoms with Gasteiger partial charge in [0.25, 0.3) is 0 Å². The van der Waals surface area contributed by atoms with Crippen LogP contribution in [0.2, 0.25) is 0 Å². The first kappa shape index (κ1) is 11.4. The molecule has 4 heteroatoms. The van der Waals surface area contributed by atoms with Gasteiger partial charge >= 0.3 is 0 Å². The van der Waals surface area contributed by atoms with Gasteiger partial charge in [-0.15, -0.1) is 4.99 Å². The SMILES string of the molecule is CSC(=NC#N)N1CCCC(C)(C)C1. The van der Waals surface area contributed by atoms with E-state index in [1.54, 1.807) is 11.8 Å². The number of amidine groups is 1. The number of hydrogen-bond acceptors (Lipinski definition) is 3. The second-order valence-electron chi connectivity index (χ2n) is 4.39. The van der Waals surface area contributed by atoms with Gasteiger partial charge in [-0.2, -0.15) is 5.26 Å². The van der Waals surface area contributed by atoms with Gasteiger partial charge in [-0.05, 0) is 24.5 Å². The Bertz CT molecular complexity index is 265. The van der Waals surface area contributed by atoms with Gasteiger partial charge in [-0.1, -0.05) is 25.6 Å². The minimum Gasteiger partial charge on any atom is -0.350 e. The number of aliphatic imine (C=N–C) groups is 1. The maximum atomic E-state index is 8.55. The van der Waals surface area contributed by atoms with E-state index in [0.717, 1.165) is 18.3 Å². The zero-order valence-electron chi connectivity index (χ0n) is 9.08. The van der Waals surface area contributed by atoms with Gasteiger partial charge in [0.2, 0.25) is 6.19 Å². The van der Waals surface area contributed by atoms with Gasteiger partial charge in [0.05, 0.1) is 0 Å². The lowest BCUT2D eigenvalue weighted by Gasteiger charge is -2.38. The predicted octanol–water partition coefficient (Wildman–Crippen LogP) is 2.31. The molecule has 0 aliphatic carbocycles. The fourth-order valence-electron chi connectivity index (χ4n) is 1.87. The average Bonchev–Trinajstić information content (AvgIpc) is 2.12. The zero-order chi connectivity index (χ0) is 10.6. The highest BCUT2D eigenvalue weighted by atomic mass is 32.2. The van der Waals surface area contributed by atoms with Crippen molar-refractivity contribution in [3.8, 4) is 6.19 Å². The Kier molecular flexibility index (Phi) is 3.82. The summed E-state index contributed by atoms with van der Waals surface area (Å²) in [5.41, 5.74) is 0.351. The van der Waals surface area contributed by atoms with Crippen LogP contribution in [0.3, 0.4) is 0 Å². The van der Waals surface area contributed by atoms with Crippen LogP contribution in [-0.4, -0.2) is 29.4 Å². The fourth-order valence-corrected chi connectivity index (χ4v) is 2.42. The lowest BCUT2D eigenvalue weighted by molar-refractivity contribution is 0.181. The Morgan fingerprint density at radius 3 is 2.79 bits per heavy atom. The van der Waals surface area contributed by atoms with Crippen LogP contribution >= 0.6 is 11.8 Å². The fraction of sp³-hybridized carbons (Fsp3) is 0.800. The molecule has 0 unspecified atom stereocenters. The van der Waals surface area contributed by atoms with E-state index in [9.17, 15) is 0 Å². The van der Waals surface area contributed by atoms with Crippen LogP contribution in [-0.2, 0) is 0 Å². The normalized spacial score (nSPS) is 21.9. The van der Waals surface area contributed by atoms with Crippen LogP contribution in [0.25, 0.3) is 0 Å². The highest BCUT2D eigenvalue weighted by Gasteiger charge is 2.27. The highest BCUT2D eigenvalue weighted by molar-refractivity contribution is 8.13. The van der Waals surface area contributed by atoms with Crippen molar-refractivity contribution in [1.82, 2.24) is 4.90 Å². The van der Waals surface area contributed by atoms with E-state index >= 15 is 0 Å². The zero-order valence-corrected chi connectivity index (χ0v) is 9.89. The van der Waals surface area contributed by atoms with Gasteiger partial charge in [0.15, 0.2) is 5.17 Å². The number of nitrogens with zero attached hydrogens (tertiary/aromatic N) is 3. The second-order valence-corrected chi connectivity index (χ2v) is 5.16. The Labute approximate surface area is 90.2 Å². The first-order chi connectivity index (χ1) is 6.59. The number of piperidine rings is 1. The smallest absolute Gasteiger partial charge is 0.208 e. The minimum atomic E-state index is 0.351. The van der Waals surface area contributed by atoms with Crippen molar-refractivity contribution in [2.24, 2.45) is 10.4 Å². The molecule has 78 valence electrons. The Morgan fingerprint density at radius 1 is 1.57 bits per heavy atom. The molecule has 1 aliphatic heterocycles. The van der Waals surface area contributed by atoms with Crippen molar-refractivity contribution >= 4 is 16.9 Å². The van der Waals surface area contributed by atoms with Crippen molar-refractivity contribution in [2.45, 2.75) is 26.7 Å². The lowest BCUT2D eigenvalue weighted by Crippen LogP contribution is -2.42. The molecule has 0 aromatic carbocycles. The Balaban J connectivity index is 2.69. The molecule has 0 aromatic rings. The molecule has 1 saturated heterocycles. The number of thioether (sulfide) groups is 1. The number of hydrogen-bond donors (Lipinski definition) is 0. The van der Waals surface area contributed by atoms with Crippen molar-refractivity contribution < 1.29 is 0 Å². The largest absolute Gasteiger partial charge is 0.350 e. The van der Waals surface area contributed by atoms with Crippen molar-refractivity contribution in [1.29, 1.82) is 5.26 Å². The maximum absolute atomic E-state index is 8.55. The summed E-state index contributed by atoms with van der Waals surface area (Å²) in [4.78, 5) is 6.06. The average molecular weight is 211 g/mol. The van der Waals surface area contributed by atoms with Crippen molar-refractivity contribution in [3.05, 3.63) is 0 Å². The predicted molar refractivity (Wildman–Crippen MR) is 61.2 cm³/mol. The van der Waals surface area contributed by atoms with Crippen LogP contribution in [0.5, 0.6) is 0 Å². The number of rotatable bonds is 0. The van der Waals surface area contributed by atoms with Gasteiger partial charge < -0.3 is 4.90 Å². The summed E-state index contributed by atoms with van der Waals surface area (Å²) in [5.74, 6) is 0. The third-order valence-corrected chi connectivity index (χ3v) is 3.21. The summed E-state index contributed by atoms with van der Waals surface area (Å²) < 4.78 is 0. The molecule has 1 aliphatic rings. The van der Waals surface area contributed by atoms with Gasteiger partial charge in [-0.25, -0.2) is 0 Å². The first-order valence-electron chi connectivity index (χ1n) is 4.85. The van der Waals surface area contributed by atoms with E-state index < -0.39 is 0 Å². The van der Waals surface area contributed by atoms with E-state index in [2.05, 4.69) is 23.7 Å². The topological polar surface area (TPSA) is 39.4 Å². The van der Waals surface area contributed by atoms with Crippen LogP contribution in [0.4, 0.5) is 0 Å². The summed E-state index contributed by atoms with van der Waals surface area (Å²) in [5, 5.41) is 9.41. The molecule has 14 heavy (non-hydrogen) atoms. The molecule has 1 rings (SSSR count). The summed E-state index contributed by atoms with van der Waals surface area (Å²) in [6.07, 6.45) is 6.29. The van der Waals surface area contributed by atoms with E-state index in [-0.39, 0.29) is 0 Å². The van der Waals surface area contributed by atoms with Gasteiger partial charge in [-0.3, -0.25) is 0 Å². The summed E-state index contributed by atoms with van der Waals surface area (Å²) in [7, 11) is 0. The van der Waals surface area contributed by atoms with Crippen LogP contribution in [0.15, 0.2) is 4.99 Å². The van der Waals surface area contributed by atoms with Crippen molar-refractivity contribution in [3.63, 3.8) is 0 Å².